The van der Waals surface area contributed by atoms with Crippen LogP contribution < -0.4 is 5.32 Å². The van der Waals surface area contributed by atoms with E-state index in [0.717, 1.165) is 5.56 Å². The average molecular weight is 276 g/mol. The number of rotatable bonds is 5. The summed E-state index contributed by atoms with van der Waals surface area (Å²) in [5.41, 5.74) is 1.05. The molecule has 0 saturated heterocycles. The molecule has 0 heterocycles. The number of hydrogen-bond acceptors (Lipinski definition) is 3. The van der Waals surface area contributed by atoms with Crippen LogP contribution in [-0.2, 0) is 9.84 Å². The fourth-order valence-electron chi connectivity index (χ4n) is 1.80. The molecule has 0 aliphatic rings. The number of halogens is 1. The summed E-state index contributed by atoms with van der Waals surface area (Å²) in [6.07, 6.45) is 1.25. The monoisotopic (exact) mass is 275 g/mol. The van der Waals surface area contributed by atoms with Crippen LogP contribution in [0.4, 0.5) is 0 Å². The molecule has 1 unspecified atom stereocenters. The van der Waals surface area contributed by atoms with Crippen molar-refractivity contribution < 1.29 is 8.42 Å². The normalized spacial score (nSPS) is 15.5. The van der Waals surface area contributed by atoms with Gasteiger partial charge in [-0.25, -0.2) is 8.42 Å². The van der Waals surface area contributed by atoms with E-state index in [0.29, 0.717) is 5.02 Å². The van der Waals surface area contributed by atoms with Gasteiger partial charge >= 0.3 is 0 Å². The Morgan fingerprint density at radius 3 is 2.53 bits per heavy atom. The summed E-state index contributed by atoms with van der Waals surface area (Å²) in [6.45, 7) is 3.85. The first kappa shape index (κ1) is 14.5. The topological polar surface area (TPSA) is 46.2 Å². The zero-order valence-corrected chi connectivity index (χ0v) is 11.8. The Bertz CT molecular complexity index is 473. The summed E-state index contributed by atoms with van der Waals surface area (Å²) in [6, 6.07) is 7.54. The first-order valence-electron chi connectivity index (χ1n) is 5.47. The molecule has 1 rings (SSSR count). The van der Waals surface area contributed by atoms with Crippen LogP contribution in [0.1, 0.15) is 25.5 Å². The summed E-state index contributed by atoms with van der Waals surface area (Å²) < 4.78 is 22.3. The molecule has 0 spiro atoms. The van der Waals surface area contributed by atoms with Gasteiger partial charge in [-0.05, 0) is 31.5 Å². The van der Waals surface area contributed by atoms with Crippen LogP contribution >= 0.6 is 11.6 Å². The molecule has 3 nitrogen and oxygen atoms in total. The van der Waals surface area contributed by atoms with Crippen molar-refractivity contribution in [2.75, 3.05) is 12.0 Å². The number of hydrogen-bond donors (Lipinski definition) is 1. The van der Waals surface area contributed by atoms with E-state index in [1.807, 2.05) is 38.1 Å². The maximum absolute atomic E-state index is 11.2. The van der Waals surface area contributed by atoms with E-state index in [9.17, 15) is 8.42 Å². The smallest absolute Gasteiger partial charge is 0.148 e. The molecule has 0 amide bonds. The fourth-order valence-corrected chi connectivity index (χ4v) is 3.00. The van der Waals surface area contributed by atoms with E-state index in [1.165, 1.54) is 6.26 Å². The maximum Gasteiger partial charge on any atom is 0.148 e. The molecule has 0 fully saturated rings. The van der Waals surface area contributed by atoms with Gasteiger partial charge in [0, 0.05) is 23.4 Å². The number of benzene rings is 1. The van der Waals surface area contributed by atoms with Crippen molar-refractivity contribution in [2.45, 2.75) is 25.9 Å². The predicted octanol–water partition coefficient (Wildman–Crippen LogP) is 2.42. The van der Waals surface area contributed by atoms with Gasteiger partial charge in [0.15, 0.2) is 0 Å². The van der Waals surface area contributed by atoms with E-state index in [-0.39, 0.29) is 17.8 Å². The second-order valence-corrected chi connectivity index (χ2v) is 7.06. The summed E-state index contributed by atoms with van der Waals surface area (Å²) in [5.74, 6) is 0.137. The maximum atomic E-state index is 11.2. The lowest BCUT2D eigenvalue weighted by Crippen LogP contribution is -2.34. The van der Waals surface area contributed by atoms with Gasteiger partial charge in [0.2, 0.25) is 0 Å². The van der Waals surface area contributed by atoms with Crippen LogP contribution in [0.15, 0.2) is 24.3 Å². The van der Waals surface area contributed by atoms with Gasteiger partial charge in [-0.3, -0.25) is 0 Å². The Morgan fingerprint density at radius 2 is 2.00 bits per heavy atom. The zero-order valence-electron chi connectivity index (χ0n) is 10.3. The average Bonchev–Trinajstić information content (AvgIpc) is 2.14. The standard InChI is InChI=1S/C12H18ClNO2S/c1-9(8-17(3,15)16)14-10(2)11-5-4-6-12(13)7-11/h4-7,9-10,14H,8H2,1-3H3/t9?,10-/m1/s1. The SMILES string of the molecule is CC(CS(C)(=O)=O)N[C@H](C)c1cccc(Cl)c1. The molecule has 2 atom stereocenters. The minimum atomic E-state index is -2.95. The molecule has 0 saturated carbocycles. The molecular formula is C12H18ClNO2S. The molecule has 0 bridgehead atoms. The minimum absolute atomic E-state index is 0.0745. The van der Waals surface area contributed by atoms with Crippen LogP contribution in [0.2, 0.25) is 5.02 Å². The third kappa shape index (κ3) is 5.52. The summed E-state index contributed by atoms with van der Waals surface area (Å²) in [7, 11) is -2.95. The Hall–Kier alpha value is -0.580. The first-order valence-corrected chi connectivity index (χ1v) is 7.91. The zero-order chi connectivity index (χ0) is 13.1. The predicted molar refractivity (Wildman–Crippen MR) is 72.2 cm³/mol. The highest BCUT2D eigenvalue weighted by atomic mass is 35.5. The second kappa shape index (κ2) is 5.85. The highest BCUT2D eigenvalue weighted by molar-refractivity contribution is 7.90. The second-order valence-electron chi connectivity index (χ2n) is 4.44. The van der Waals surface area contributed by atoms with Crippen molar-refractivity contribution in [1.29, 1.82) is 0 Å². The van der Waals surface area contributed by atoms with Crippen molar-refractivity contribution in [1.82, 2.24) is 5.32 Å². The van der Waals surface area contributed by atoms with Gasteiger partial charge in [-0.1, -0.05) is 23.7 Å². The van der Waals surface area contributed by atoms with Crippen molar-refractivity contribution in [2.24, 2.45) is 0 Å². The van der Waals surface area contributed by atoms with E-state index in [1.54, 1.807) is 0 Å². The van der Waals surface area contributed by atoms with E-state index >= 15 is 0 Å². The van der Waals surface area contributed by atoms with Gasteiger partial charge in [-0.2, -0.15) is 0 Å². The first-order chi connectivity index (χ1) is 7.78. The van der Waals surface area contributed by atoms with Gasteiger partial charge < -0.3 is 5.32 Å². The third-order valence-corrected chi connectivity index (χ3v) is 3.78. The molecule has 5 heteroatoms. The highest BCUT2D eigenvalue weighted by Gasteiger charge is 2.14. The Labute approximate surface area is 108 Å². The van der Waals surface area contributed by atoms with Gasteiger partial charge in [0.1, 0.15) is 9.84 Å². The summed E-state index contributed by atoms with van der Waals surface area (Å²) >= 11 is 5.91. The van der Waals surface area contributed by atoms with E-state index in [4.69, 9.17) is 11.6 Å². The number of sulfone groups is 1. The molecule has 0 radical (unpaired) electrons. The van der Waals surface area contributed by atoms with Crippen molar-refractivity contribution >= 4 is 21.4 Å². The third-order valence-electron chi connectivity index (χ3n) is 2.44. The molecule has 1 aromatic carbocycles. The lowest BCUT2D eigenvalue weighted by molar-refractivity contribution is 0.501. The quantitative estimate of drug-likeness (QED) is 0.898. The lowest BCUT2D eigenvalue weighted by atomic mass is 10.1. The molecule has 17 heavy (non-hydrogen) atoms. The highest BCUT2D eigenvalue weighted by Crippen LogP contribution is 2.17. The Morgan fingerprint density at radius 1 is 1.35 bits per heavy atom. The van der Waals surface area contributed by atoms with Crippen molar-refractivity contribution in [3.05, 3.63) is 34.9 Å². The van der Waals surface area contributed by atoms with Crippen LogP contribution in [0, 0.1) is 0 Å². The molecule has 0 aromatic heterocycles. The Balaban J connectivity index is 2.63. The molecular weight excluding hydrogens is 258 g/mol. The fraction of sp³-hybridized carbons (Fsp3) is 0.500. The molecule has 0 aliphatic carbocycles. The van der Waals surface area contributed by atoms with Crippen LogP contribution in [-0.4, -0.2) is 26.5 Å². The Kier molecular flexibility index (Phi) is 4.98. The summed E-state index contributed by atoms with van der Waals surface area (Å²) in [4.78, 5) is 0. The van der Waals surface area contributed by atoms with Gasteiger partial charge in [0.25, 0.3) is 0 Å². The largest absolute Gasteiger partial charge is 0.307 e. The van der Waals surface area contributed by atoms with Crippen molar-refractivity contribution in [3.63, 3.8) is 0 Å². The molecule has 1 N–H and O–H groups in total. The lowest BCUT2D eigenvalue weighted by Gasteiger charge is -2.19. The van der Waals surface area contributed by atoms with E-state index < -0.39 is 9.84 Å². The van der Waals surface area contributed by atoms with Gasteiger partial charge in [0.05, 0.1) is 5.75 Å². The molecule has 1 aromatic rings. The van der Waals surface area contributed by atoms with Crippen LogP contribution in [0.5, 0.6) is 0 Å². The molecule has 0 aliphatic heterocycles. The molecule has 96 valence electrons. The minimum Gasteiger partial charge on any atom is -0.307 e. The van der Waals surface area contributed by atoms with E-state index in [2.05, 4.69) is 5.32 Å². The van der Waals surface area contributed by atoms with Crippen LogP contribution in [0.25, 0.3) is 0 Å². The number of nitrogens with one attached hydrogen (secondary N) is 1. The van der Waals surface area contributed by atoms with Crippen LogP contribution in [0.3, 0.4) is 0 Å². The van der Waals surface area contributed by atoms with Crippen molar-refractivity contribution in [3.8, 4) is 0 Å². The summed E-state index contributed by atoms with van der Waals surface area (Å²) in [5, 5.41) is 3.93. The van der Waals surface area contributed by atoms with Gasteiger partial charge in [-0.15, -0.1) is 0 Å².